The zero-order valence-corrected chi connectivity index (χ0v) is 13.0. The number of hydrogen-bond donors (Lipinski definition) is 1. The van der Waals surface area contributed by atoms with Crippen LogP contribution in [0.5, 0.6) is 0 Å². The van der Waals surface area contributed by atoms with Gasteiger partial charge in [-0.3, -0.25) is 0 Å². The number of benzene rings is 2. The average Bonchev–Trinajstić information content (AvgIpc) is 2.34. The molecule has 0 aliphatic carbocycles. The van der Waals surface area contributed by atoms with E-state index in [2.05, 4.69) is 34.1 Å². The molecule has 0 saturated carbocycles. The summed E-state index contributed by atoms with van der Waals surface area (Å²) in [7, 11) is 0. The van der Waals surface area contributed by atoms with Gasteiger partial charge in [-0.25, -0.2) is 0 Å². The van der Waals surface area contributed by atoms with Gasteiger partial charge in [-0.15, -0.1) is 0 Å². The van der Waals surface area contributed by atoms with Gasteiger partial charge in [0.05, 0.1) is 5.02 Å². The van der Waals surface area contributed by atoms with Gasteiger partial charge in [-0.2, -0.15) is 0 Å². The van der Waals surface area contributed by atoms with E-state index < -0.39 is 0 Å². The summed E-state index contributed by atoms with van der Waals surface area (Å²) < 4.78 is 1.04. The van der Waals surface area contributed by atoms with Gasteiger partial charge in [0.25, 0.3) is 0 Å². The van der Waals surface area contributed by atoms with Gasteiger partial charge in [-0.1, -0.05) is 41.6 Å². The highest BCUT2D eigenvalue weighted by Crippen LogP contribution is 2.37. The Morgan fingerprint density at radius 1 is 1.17 bits per heavy atom. The van der Waals surface area contributed by atoms with Crippen LogP contribution in [-0.2, 0) is 0 Å². The van der Waals surface area contributed by atoms with Crippen molar-refractivity contribution in [3.63, 3.8) is 0 Å². The summed E-state index contributed by atoms with van der Waals surface area (Å²) in [5, 5.41) is 0.769. The summed E-state index contributed by atoms with van der Waals surface area (Å²) in [6, 6.07) is 14.0. The molecule has 0 fully saturated rings. The molecular formula is C14H13BrClNS. The fraction of sp³-hybridized carbons (Fsp3) is 0.143. The molecule has 0 saturated heterocycles. The monoisotopic (exact) mass is 341 g/mol. The molecule has 0 aliphatic heterocycles. The van der Waals surface area contributed by atoms with Crippen LogP contribution in [0.15, 0.2) is 56.7 Å². The fourth-order valence-corrected chi connectivity index (χ4v) is 3.26. The predicted octanol–water partition coefficient (Wildman–Crippen LogP) is 5.27. The van der Waals surface area contributed by atoms with Crippen LogP contribution in [0.2, 0.25) is 5.02 Å². The second-order valence-corrected chi connectivity index (χ2v) is 6.36. The number of rotatable bonds is 3. The van der Waals surface area contributed by atoms with Crippen LogP contribution in [0, 0.1) is 0 Å². The van der Waals surface area contributed by atoms with Gasteiger partial charge in [0.15, 0.2) is 0 Å². The van der Waals surface area contributed by atoms with Gasteiger partial charge >= 0.3 is 0 Å². The maximum atomic E-state index is 6.15. The molecule has 0 aromatic heterocycles. The predicted molar refractivity (Wildman–Crippen MR) is 82.3 cm³/mol. The highest BCUT2D eigenvalue weighted by molar-refractivity contribution is 9.10. The van der Waals surface area contributed by atoms with E-state index in [0.717, 1.165) is 24.8 Å². The van der Waals surface area contributed by atoms with Crippen LogP contribution in [-0.4, -0.2) is 0 Å². The molecule has 0 radical (unpaired) electrons. The van der Waals surface area contributed by atoms with Crippen LogP contribution < -0.4 is 5.73 Å². The van der Waals surface area contributed by atoms with E-state index in [-0.39, 0.29) is 6.04 Å². The Morgan fingerprint density at radius 3 is 2.50 bits per heavy atom. The summed E-state index contributed by atoms with van der Waals surface area (Å²) in [6.45, 7) is 1.97. The summed E-state index contributed by atoms with van der Waals surface area (Å²) in [6.07, 6.45) is 0. The van der Waals surface area contributed by atoms with Gasteiger partial charge in [-0.05, 0) is 52.7 Å². The van der Waals surface area contributed by atoms with Crippen molar-refractivity contribution in [3.8, 4) is 0 Å². The Labute approximate surface area is 125 Å². The molecule has 1 atom stereocenters. The normalized spacial score (nSPS) is 12.4. The lowest BCUT2D eigenvalue weighted by molar-refractivity contribution is 0.815. The van der Waals surface area contributed by atoms with E-state index in [4.69, 9.17) is 17.3 Å². The summed E-state index contributed by atoms with van der Waals surface area (Å²) >= 11 is 11.4. The molecule has 2 aromatic carbocycles. The molecule has 1 nitrogen and oxygen atoms in total. The highest BCUT2D eigenvalue weighted by atomic mass is 79.9. The van der Waals surface area contributed by atoms with Crippen LogP contribution in [0.25, 0.3) is 0 Å². The summed E-state index contributed by atoms with van der Waals surface area (Å²) in [5.74, 6) is 0. The van der Waals surface area contributed by atoms with Crippen molar-refractivity contribution in [2.75, 3.05) is 0 Å². The van der Waals surface area contributed by atoms with Crippen LogP contribution >= 0.6 is 39.3 Å². The van der Waals surface area contributed by atoms with Gasteiger partial charge < -0.3 is 5.73 Å². The molecule has 2 aromatic rings. The van der Waals surface area contributed by atoms with Crippen molar-refractivity contribution in [1.82, 2.24) is 0 Å². The highest BCUT2D eigenvalue weighted by Gasteiger charge is 2.07. The van der Waals surface area contributed by atoms with E-state index in [1.54, 1.807) is 11.8 Å². The second kappa shape index (κ2) is 6.11. The quantitative estimate of drug-likeness (QED) is 0.822. The second-order valence-electron chi connectivity index (χ2n) is 4.01. The fourth-order valence-electron chi connectivity index (χ4n) is 1.53. The van der Waals surface area contributed by atoms with Gasteiger partial charge in [0.2, 0.25) is 0 Å². The Morgan fingerprint density at radius 2 is 1.89 bits per heavy atom. The Hall–Kier alpha value is -0.480. The van der Waals surface area contributed by atoms with E-state index in [1.807, 2.05) is 31.2 Å². The molecule has 2 N–H and O–H groups in total. The third kappa shape index (κ3) is 3.29. The zero-order valence-electron chi connectivity index (χ0n) is 9.86. The van der Waals surface area contributed by atoms with Crippen LogP contribution in [0.4, 0.5) is 0 Å². The molecular weight excluding hydrogens is 330 g/mol. The van der Waals surface area contributed by atoms with E-state index in [0.29, 0.717) is 0 Å². The minimum atomic E-state index is 0.0423. The van der Waals surface area contributed by atoms with Gasteiger partial charge in [0, 0.05) is 20.3 Å². The number of nitrogens with two attached hydrogens (primary N) is 1. The molecule has 94 valence electrons. The van der Waals surface area contributed by atoms with Crippen molar-refractivity contribution in [2.24, 2.45) is 5.73 Å². The van der Waals surface area contributed by atoms with Crippen molar-refractivity contribution >= 4 is 39.3 Å². The van der Waals surface area contributed by atoms with Gasteiger partial charge in [0.1, 0.15) is 0 Å². The third-order valence-electron chi connectivity index (χ3n) is 2.54. The maximum Gasteiger partial charge on any atom is 0.0545 e. The van der Waals surface area contributed by atoms with E-state index in [9.17, 15) is 0 Å². The Balaban J connectivity index is 2.28. The molecule has 0 amide bonds. The van der Waals surface area contributed by atoms with Crippen LogP contribution in [0.1, 0.15) is 18.5 Å². The standard InChI is InChI=1S/C14H13BrClNS/c1-9(17)10-6-7-13(11(15)8-10)18-14-5-3-2-4-12(14)16/h2-9H,17H2,1H3/t9-/m0/s1. The van der Waals surface area contributed by atoms with Crippen LogP contribution in [0.3, 0.4) is 0 Å². The lowest BCUT2D eigenvalue weighted by atomic mass is 10.1. The Bertz CT molecular complexity index is 557. The van der Waals surface area contributed by atoms with Crippen molar-refractivity contribution < 1.29 is 0 Å². The van der Waals surface area contributed by atoms with E-state index >= 15 is 0 Å². The lowest BCUT2D eigenvalue weighted by Gasteiger charge is -2.10. The van der Waals surface area contributed by atoms with Crippen molar-refractivity contribution in [2.45, 2.75) is 22.8 Å². The minimum Gasteiger partial charge on any atom is -0.324 e. The molecule has 18 heavy (non-hydrogen) atoms. The molecule has 4 heteroatoms. The summed E-state index contributed by atoms with van der Waals surface area (Å²) in [4.78, 5) is 2.18. The molecule has 0 spiro atoms. The zero-order chi connectivity index (χ0) is 13.1. The maximum absolute atomic E-state index is 6.15. The molecule has 2 rings (SSSR count). The first-order chi connectivity index (χ1) is 8.58. The SMILES string of the molecule is C[C@H](N)c1ccc(Sc2ccccc2Cl)c(Br)c1. The molecule has 0 aliphatic rings. The first kappa shape index (κ1) is 13.9. The van der Waals surface area contributed by atoms with Crippen molar-refractivity contribution in [3.05, 3.63) is 57.5 Å². The summed E-state index contributed by atoms with van der Waals surface area (Å²) in [5.41, 5.74) is 6.98. The Kier molecular flexibility index (Phi) is 4.73. The first-order valence-electron chi connectivity index (χ1n) is 5.55. The molecule has 0 bridgehead atoms. The topological polar surface area (TPSA) is 26.0 Å². The average molecular weight is 343 g/mol. The number of halogens is 2. The first-order valence-corrected chi connectivity index (χ1v) is 7.54. The molecule has 0 unspecified atom stereocenters. The minimum absolute atomic E-state index is 0.0423. The number of hydrogen-bond acceptors (Lipinski definition) is 2. The molecule has 0 heterocycles. The smallest absolute Gasteiger partial charge is 0.0545 e. The van der Waals surface area contributed by atoms with E-state index in [1.165, 1.54) is 0 Å². The van der Waals surface area contributed by atoms with Crippen molar-refractivity contribution in [1.29, 1.82) is 0 Å². The largest absolute Gasteiger partial charge is 0.324 e. The third-order valence-corrected chi connectivity index (χ3v) is 5.05. The lowest BCUT2D eigenvalue weighted by Crippen LogP contribution is -2.04.